The molecule has 1 aromatic rings. The maximum atomic E-state index is 11.1. The summed E-state index contributed by atoms with van der Waals surface area (Å²) in [5, 5.41) is 11.5. The highest BCUT2D eigenvalue weighted by molar-refractivity contribution is 7.99. The largest absolute Gasteiger partial charge is 0.481 e. The first-order chi connectivity index (χ1) is 7.74. The van der Waals surface area contributed by atoms with Crippen LogP contribution in [0.1, 0.15) is 13.8 Å². The number of H-pyrrole nitrogens is 1. The third-order valence-corrected chi connectivity index (χ3v) is 3.58. The van der Waals surface area contributed by atoms with Crippen molar-refractivity contribution in [3.05, 3.63) is 20.7 Å². The number of aryl methyl sites for hydroxylation is 1. The molecular formula is C9H13N3O4S. The lowest BCUT2D eigenvalue weighted by atomic mass is 9.97. The van der Waals surface area contributed by atoms with Crippen molar-refractivity contribution in [3.63, 3.8) is 0 Å². The minimum atomic E-state index is -0.932. The molecule has 17 heavy (non-hydrogen) atoms. The molecule has 0 aliphatic heterocycles. The van der Waals surface area contributed by atoms with Crippen molar-refractivity contribution in [2.75, 3.05) is 5.75 Å². The monoisotopic (exact) mass is 259 g/mol. The normalized spacial score (nSPS) is 11.5. The van der Waals surface area contributed by atoms with Crippen LogP contribution in [0, 0.1) is 5.41 Å². The van der Waals surface area contributed by atoms with Gasteiger partial charge < -0.3 is 5.11 Å². The molecule has 0 saturated carbocycles. The highest BCUT2D eigenvalue weighted by atomic mass is 32.2. The summed E-state index contributed by atoms with van der Waals surface area (Å²) in [6.45, 7) is 3.15. The Morgan fingerprint density at radius 2 is 2.12 bits per heavy atom. The molecule has 0 aromatic carbocycles. The van der Waals surface area contributed by atoms with Gasteiger partial charge in [-0.25, -0.2) is 0 Å². The minimum Gasteiger partial charge on any atom is -0.481 e. The zero-order valence-electron chi connectivity index (χ0n) is 9.68. The topological polar surface area (TPSA) is 105 Å². The van der Waals surface area contributed by atoms with Crippen LogP contribution in [0.3, 0.4) is 0 Å². The molecule has 7 nitrogen and oxygen atoms in total. The van der Waals surface area contributed by atoms with E-state index in [2.05, 4.69) is 10.1 Å². The van der Waals surface area contributed by atoms with E-state index in [4.69, 9.17) is 5.11 Å². The number of nitrogens with zero attached hydrogens (tertiary/aromatic N) is 2. The van der Waals surface area contributed by atoms with E-state index in [1.807, 2.05) is 0 Å². The van der Waals surface area contributed by atoms with Gasteiger partial charge in [-0.1, -0.05) is 11.8 Å². The van der Waals surface area contributed by atoms with E-state index in [1.54, 1.807) is 13.8 Å². The Labute approximate surface area is 101 Å². The maximum Gasteiger partial charge on any atom is 0.339 e. The first kappa shape index (κ1) is 13.5. The van der Waals surface area contributed by atoms with Gasteiger partial charge in [-0.05, 0) is 13.8 Å². The predicted octanol–water partition coefficient (Wildman–Crippen LogP) is -0.329. The highest BCUT2D eigenvalue weighted by Crippen LogP contribution is 2.25. The van der Waals surface area contributed by atoms with Crippen LogP contribution in [-0.4, -0.2) is 31.6 Å². The van der Waals surface area contributed by atoms with Gasteiger partial charge >= 0.3 is 17.1 Å². The summed E-state index contributed by atoms with van der Waals surface area (Å²) in [4.78, 5) is 36.5. The molecule has 0 bridgehead atoms. The molecule has 94 valence electrons. The number of rotatable bonds is 4. The van der Waals surface area contributed by atoms with E-state index < -0.39 is 22.5 Å². The van der Waals surface area contributed by atoms with E-state index in [9.17, 15) is 14.4 Å². The van der Waals surface area contributed by atoms with Crippen LogP contribution in [0.25, 0.3) is 0 Å². The lowest BCUT2D eigenvalue weighted by Crippen LogP contribution is -2.34. The van der Waals surface area contributed by atoms with Crippen LogP contribution in [0.4, 0.5) is 0 Å². The van der Waals surface area contributed by atoms with E-state index in [0.29, 0.717) is 0 Å². The van der Waals surface area contributed by atoms with Gasteiger partial charge in [0.1, 0.15) is 0 Å². The quantitative estimate of drug-likeness (QED) is 0.566. The Morgan fingerprint density at radius 1 is 1.53 bits per heavy atom. The van der Waals surface area contributed by atoms with Gasteiger partial charge in [-0.3, -0.25) is 24.2 Å². The Morgan fingerprint density at radius 3 is 2.65 bits per heavy atom. The van der Waals surface area contributed by atoms with E-state index in [0.717, 1.165) is 11.8 Å². The fourth-order valence-electron chi connectivity index (χ4n) is 0.896. The Hall–Kier alpha value is -1.57. The zero-order valence-corrected chi connectivity index (χ0v) is 10.5. The number of hydrogen-bond acceptors (Lipinski definition) is 5. The van der Waals surface area contributed by atoms with Crippen LogP contribution in [0.5, 0.6) is 0 Å². The molecule has 0 unspecified atom stereocenters. The lowest BCUT2D eigenvalue weighted by Gasteiger charge is -2.18. The lowest BCUT2D eigenvalue weighted by molar-refractivity contribution is -0.145. The first-order valence-corrected chi connectivity index (χ1v) is 5.76. The third-order valence-electron chi connectivity index (χ3n) is 2.09. The van der Waals surface area contributed by atoms with Crippen LogP contribution in [-0.2, 0) is 11.8 Å². The first-order valence-electron chi connectivity index (χ1n) is 4.77. The smallest absolute Gasteiger partial charge is 0.339 e. The standard InChI is InChI=1S/C9H13N3O4S/c1-9(2,7(15)16)4-17-8-10-5(13)6(14)11-12(8)3/h4H2,1-3H3,(H,11,14)(H,15,16). The number of carboxylic acids is 1. The second-order valence-electron chi connectivity index (χ2n) is 4.18. The number of aromatic nitrogens is 3. The number of nitrogens with one attached hydrogen (secondary N) is 1. The van der Waals surface area contributed by atoms with Gasteiger partial charge in [0.15, 0.2) is 5.16 Å². The number of aromatic amines is 1. The number of carboxylic acid groups (broad SMARTS) is 1. The van der Waals surface area contributed by atoms with Crippen molar-refractivity contribution in [1.82, 2.24) is 14.8 Å². The molecule has 1 heterocycles. The SMILES string of the molecule is Cn1[nH]c(=O)c(=O)nc1SCC(C)(C)C(=O)O. The molecular weight excluding hydrogens is 246 g/mol. The average Bonchev–Trinajstić information content (AvgIpc) is 2.21. The van der Waals surface area contributed by atoms with Crippen molar-refractivity contribution in [1.29, 1.82) is 0 Å². The van der Waals surface area contributed by atoms with Crippen LogP contribution in [0.2, 0.25) is 0 Å². The van der Waals surface area contributed by atoms with E-state index in [-0.39, 0.29) is 10.9 Å². The fourth-order valence-corrected chi connectivity index (χ4v) is 1.90. The van der Waals surface area contributed by atoms with E-state index in [1.165, 1.54) is 11.7 Å². The van der Waals surface area contributed by atoms with Gasteiger partial charge in [0.2, 0.25) is 0 Å². The fraction of sp³-hybridized carbons (Fsp3) is 0.556. The van der Waals surface area contributed by atoms with Crippen molar-refractivity contribution in [2.45, 2.75) is 19.0 Å². The molecule has 0 aliphatic rings. The zero-order chi connectivity index (χ0) is 13.2. The number of carbonyl (C=O) groups is 1. The van der Waals surface area contributed by atoms with Gasteiger partial charge in [-0.2, -0.15) is 4.98 Å². The maximum absolute atomic E-state index is 11.1. The van der Waals surface area contributed by atoms with Crippen molar-refractivity contribution < 1.29 is 9.90 Å². The minimum absolute atomic E-state index is 0.245. The average molecular weight is 259 g/mol. The van der Waals surface area contributed by atoms with Gasteiger partial charge in [0.05, 0.1) is 5.41 Å². The number of hydrogen-bond donors (Lipinski definition) is 2. The summed E-state index contributed by atoms with van der Waals surface area (Å²) in [5.74, 6) is -0.686. The molecule has 1 aromatic heterocycles. The predicted molar refractivity (Wildman–Crippen MR) is 62.2 cm³/mol. The van der Waals surface area contributed by atoms with Crippen LogP contribution >= 0.6 is 11.8 Å². The van der Waals surface area contributed by atoms with Crippen molar-refractivity contribution in [3.8, 4) is 0 Å². The summed E-state index contributed by atoms with van der Waals surface area (Å²) >= 11 is 1.11. The summed E-state index contributed by atoms with van der Waals surface area (Å²) in [5.41, 5.74) is -2.61. The molecule has 0 spiro atoms. The molecule has 0 aliphatic carbocycles. The van der Waals surface area contributed by atoms with Gasteiger partial charge in [0.25, 0.3) is 0 Å². The third kappa shape index (κ3) is 3.19. The number of aliphatic carboxylic acids is 1. The molecule has 8 heteroatoms. The van der Waals surface area contributed by atoms with Crippen LogP contribution < -0.4 is 11.1 Å². The van der Waals surface area contributed by atoms with Crippen LogP contribution in [0.15, 0.2) is 14.7 Å². The number of thioether (sulfide) groups is 1. The summed E-state index contributed by atoms with van der Waals surface area (Å²) in [6.07, 6.45) is 0. The summed E-state index contributed by atoms with van der Waals surface area (Å²) < 4.78 is 1.30. The molecule has 0 saturated heterocycles. The summed E-state index contributed by atoms with van der Waals surface area (Å²) in [7, 11) is 1.53. The van der Waals surface area contributed by atoms with Gasteiger partial charge in [-0.15, -0.1) is 0 Å². The molecule has 2 N–H and O–H groups in total. The Kier molecular flexibility index (Phi) is 3.76. The Bertz CT molecular complexity index is 546. The second kappa shape index (κ2) is 4.74. The van der Waals surface area contributed by atoms with Crippen molar-refractivity contribution in [2.24, 2.45) is 12.5 Å². The molecule has 0 atom stereocenters. The van der Waals surface area contributed by atoms with E-state index >= 15 is 0 Å². The molecule has 1 rings (SSSR count). The summed E-state index contributed by atoms with van der Waals surface area (Å²) in [6, 6.07) is 0. The highest BCUT2D eigenvalue weighted by Gasteiger charge is 2.27. The molecule has 0 fully saturated rings. The molecule has 0 radical (unpaired) electrons. The molecule has 0 amide bonds. The van der Waals surface area contributed by atoms with Crippen molar-refractivity contribution >= 4 is 17.7 Å². The van der Waals surface area contributed by atoms with Gasteiger partial charge in [0, 0.05) is 12.8 Å². The Balaban J connectivity index is 2.91. The second-order valence-corrected chi connectivity index (χ2v) is 5.12.